The highest BCUT2D eigenvalue weighted by molar-refractivity contribution is 5.62. The van der Waals surface area contributed by atoms with Gasteiger partial charge in [0.15, 0.2) is 0 Å². The molecule has 0 aliphatic rings. The van der Waals surface area contributed by atoms with E-state index in [1.807, 2.05) is 13.8 Å². The number of nitrogens with zero attached hydrogens (tertiary/aromatic N) is 2. The molecule has 0 saturated heterocycles. The summed E-state index contributed by atoms with van der Waals surface area (Å²) in [5, 5.41) is 0. The van der Waals surface area contributed by atoms with Crippen LogP contribution in [0.4, 0.5) is 13.2 Å². The lowest BCUT2D eigenvalue weighted by Crippen LogP contribution is -2.04. The predicted molar refractivity (Wildman–Crippen MR) is 66.6 cm³/mol. The smallest absolute Gasteiger partial charge is 0.257 e. The van der Waals surface area contributed by atoms with Gasteiger partial charge < -0.3 is 0 Å². The predicted octanol–water partition coefficient (Wildman–Crippen LogP) is 4.29. The van der Waals surface area contributed by atoms with Gasteiger partial charge in [-0.3, -0.25) is 9.97 Å². The molecular weight excluding hydrogens is 253 g/mol. The maximum absolute atomic E-state index is 12.5. The average Bonchev–Trinajstić information content (AvgIpc) is 2.38. The molecule has 0 aliphatic carbocycles. The largest absolute Gasteiger partial charge is 0.416 e. The summed E-state index contributed by atoms with van der Waals surface area (Å²) in [5.74, 6) is 0.158. The lowest BCUT2D eigenvalue weighted by atomic mass is 10.0. The molecule has 1 aromatic heterocycles. The minimum Gasteiger partial charge on any atom is -0.257 e. The summed E-state index contributed by atoms with van der Waals surface area (Å²) in [6.45, 7) is 3.94. The highest BCUT2D eigenvalue weighted by atomic mass is 19.4. The van der Waals surface area contributed by atoms with Crippen LogP contribution in [0.15, 0.2) is 36.7 Å². The van der Waals surface area contributed by atoms with Crippen LogP contribution in [0.5, 0.6) is 0 Å². The zero-order chi connectivity index (χ0) is 14.0. The molecule has 0 unspecified atom stereocenters. The molecule has 5 heteroatoms. The molecular formula is C14H13F3N2. The van der Waals surface area contributed by atoms with Gasteiger partial charge in [-0.05, 0) is 18.1 Å². The first-order valence-electron chi connectivity index (χ1n) is 5.88. The Kier molecular flexibility index (Phi) is 3.55. The second kappa shape index (κ2) is 4.99. The molecule has 0 bridgehead atoms. The zero-order valence-corrected chi connectivity index (χ0v) is 10.6. The molecule has 2 aromatic rings. The lowest BCUT2D eigenvalue weighted by Gasteiger charge is -2.11. The van der Waals surface area contributed by atoms with Crippen LogP contribution in [-0.4, -0.2) is 9.97 Å². The number of hydrogen-bond donors (Lipinski definition) is 0. The highest BCUT2D eigenvalue weighted by Crippen LogP contribution is 2.31. The fourth-order valence-corrected chi connectivity index (χ4v) is 1.81. The number of alkyl halides is 3. The van der Waals surface area contributed by atoms with E-state index < -0.39 is 11.7 Å². The average molecular weight is 266 g/mol. The van der Waals surface area contributed by atoms with E-state index in [1.165, 1.54) is 12.1 Å². The summed E-state index contributed by atoms with van der Waals surface area (Å²) in [6.07, 6.45) is -1.19. The molecule has 0 spiro atoms. The third-order valence-electron chi connectivity index (χ3n) is 2.76. The number of halogens is 3. The molecule has 2 nitrogen and oxygen atoms in total. The first-order valence-corrected chi connectivity index (χ1v) is 5.88. The Labute approximate surface area is 109 Å². The molecule has 19 heavy (non-hydrogen) atoms. The van der Waals surface area contributed by atoms with Crippen LogP contribution in [0.25, 0.3) is 11.3 Å². The third-order valence-corrected chi connectivity index (χ3v) is 2.76. The minimum absolute atomic E-state index is 0.158. The van der Waals surface area contributed by atoms with Crippen molar-refractivity contribution in [1.29, 1.82) is 0 Å². The number of benzene rings is 1. The van der Waals surface area contributed by atoms with Crippen molar-refractivity contribution in [2.24, 2.45) is 0 Å². The molecule has 1 aromatic carbocycles. The normalized spacial score (nSPS) is 11.9. The Morgan fingerprint density at radius 1 is 0.947 bits per heavy atom. The summed E-state index contributed by atoms with van der Waals surface area (Å²) in [4.78, 5) is 8.46. The van der Waals surface area contributed by atoms with Crippen molar-refractivity contribution in [2.45, 2.75) is 25.9 Å². The highest BCUT2D eigenvalue weighted by Gasteiger charge is 2.30. The number of rotatable bonds is 2. The van der Waals surface area contributed by atoms with Gasteiger partial charge in [-0.2, -0.15) is 13.2 Å². The maximum atomic E-state index is 12.5. The van der Waals surface area contributed by atoms with Crippen LogP contribution < -0.4 is 0 Å². The summed E-state index contributed by atoms with van der Waals surface area (Å²) in [6, 6.07) is 4.99. The van der Waals surface area contributed by atoms with Crippen LogP contribution in [0, 0.1) is 0 Å². The standard InChI is InChI=1S/C14H13F3N2/c1-9(2)12-13(19-8-7-18-12)10-3-5-11(6-4-10)14(15,16)17/h3-9H,1-2H3. The van der Waals surface area contributed by atoms with Crippen molar-refractivity contribution in [3.05, 3.63) is 47.9 Å². The fraction of sp³-hybridized carbons (Fsp3) is 0.286. The molecule has 0 fully saturated rings. The van der Waals surface area contributed by atoms with Crippen LogP contribution in [-0.2, 0) is 6.18 Å². The summed E-state index contributed by atoms with van der Waals surface area (Å²) in [5.41, 5.74) is 1.39. The van der Waals surface area contributed by atoms with Gasteiger partial charge in [-0.25, -0.2) is 0 Å². The molecule has 1 heterocycles. The molecule has 0 aliphatic heterocycles. The second-order valence-electron chi connectivity index (χ2n) is 4.52. The summed E-state index contributed by atoms with van der Waals surface area (Å²) >= 11 is 0. The quantitative estimate of drug-likeness (QED) is 0.810. The van der Waals surface area contributed by atoms with Crippen LogP contribution in [0.1, 0.15) is 31.0 Å². The third kappa shape index (κ3) is 2.92. The van der Waals surface area contributed by atoms with Gasteiger partial charge in [0, 0.05) is 18.0 Å². The SMILES string of the molecule is CC(C)c1nccnc1-c1ccc(C(F)(F)F)cc1. The van der Waals surface area contributed by atoms with Crippen molar-refractivity contribution in [3.8, 4) is 11.3 Å². The minimum atomic E-state index is -4.32. The Balaban J connectivity index is 2.43. The van der Waals surface area contributed by atoms with E-state index >= 15 is 0 Å². The molecule has 0 amide bonds. The maximum Gasteiger partial charge on any atom is 0.416 e. The Hall–Kier alpha value is -1.91. The van der Waals surface area contributed by atoms with E-state index in [0.717, 1.165) is 17.8 Å². The van der Waals surface area contributed by atoms with Crippen molar-refractivity contribution in [1.82, 2.24) is 9.97 Å². The first kappa shape index (κ1) is 13.5. The fourth-order valence-electron chi connectivity index (χ4n) is 1.81. The monoisotopic (exact) mass is 266 g/mol. The van der Waals surface area contributed by atoms with Crippen LogP contribution >= 0.6 is 0 Å². The zero-order valence-electron chi connectivity index (χ0n) is 10.6. The van der Waals surface area contributed by atoms with Gasteiger partial charge in [0.1, 0.15) is 0 Å². The van der Waals surface area contributed by atoms with Crippen LogP contribution in [0.2, 0.25) is 0 Å². The number of aromatic nitrogens is 2. The molecule has 2 rings (SSSR count). The van der Waals surface area contributed by atoms with E-state index in [4.69, 9.17) is 0 Å². The first-order chi connectivity index (χ1) is 8.89. The van der Waals surface area contributed by atoms with Crippen molar-refractivity contribution in [3.63, 3.8) is 0 Å². The topological polar surface area (TPSA) is 25.8 Å². The van der Waals surface area contributed by atoms with Crippen molar-refractivity contribution in [2.75, 3.05) is 0 Å². The molecule has 0 atom stereocenters. The number of hydrogen-bond acceptors (Lipinski definition) is 2. The molecule has 100 valence electrons. The van der Waals surface area contributed by atoms with E-state index in [-0.39, 0.29) is 5.92 Å². The Morgan fingerprint density at radius 3 is 2.05 bits per heavy atom. The molecule has 0 N–H and O–H groups in total. The Morgan fingerprint density at radius 2 is 1.53 bits per heavy atom. The van der Waals surface area contributed by atoms with E-state index in [1.54, 1.807) is 12.4 Å². The van der Waals surface area contributed by atoms with Gasteiger partial charge in [0.25, 0.3) is 0 Å². The van der Waals surface area contributed by atoms with E-state index in [0.29, 0.717) is 11.3 Å². The van der Waals surface area contributed by atoms with Gasteiger partial charge >= 0.3 is 6.18 Å². The van der Waals surface area contributed by atoms with Gasteiger partial charge in [-0.1, -0.05) is 26.0 Å². The second-order valence-corrected chi connectivity index (χ2v) is 4.52. The van der Waals surface area contributed by atoms with Gasteiger partial charge in [0.2, 0.25) is 0 Å². The van der Waals surface area contributed by atoms with Gasteiger partial charge in [0.05, 0.1) is 17.0 Å². The van der Waals surface area contributed by atoms with Crippen molar-refractivity contribution >= 4 is 0 Å². The molecule has 0 radical (unpaired) electrons. The van der Waals surface area contributed by atoms with Crippen molar-refractivity contribution < 1.29 is 13.2 Å². The van der Waals surface area contributed by atoms with E-state index in [9.17, 15) is 13.2 Å². The summed E-state index contributed by atoms with van der Waals surface area (Å²) in [7, 11) is 0. The van der Waals surface area contributed by atoms with Gasteiger partial charge in [-0.15, -0.1) is 0 Å². The summed E-state index contributed by atoms with van der Waals surface area (Å²) < 4.78 is 37.5. The Bertz CT molecular complexity index is 560. The lowest BCUT2D eigenvalue weighted by molar-refractivity contribution is -0.137. The van der Waals surface area contributed by atoms with E-state index in [2.05, 4.69) is 9.97 Å². The molecule has 0 saturated carbocycles. The van der Waals surface area contributed by atoms with Crippen LogP contribution in [0.3, 0.4) is 0 Å².